The number of carbonyl (C=O) groups is 1. The fourth-order valence-corrected chi connectivity index (χ4v) is 0.771. The minimum absolute atomic E-state index is 0.0304. The van der Waals surface area contributed by atoms with Crippen molar-refractivity contribution in [3.63, 3.8) is 0 Å². The second-order valence-corrected chi connectivity index (χ2v) is 2.11. The first-order valence-electron chi connectivity index (χ1n) is 3.20. The lowest BCUT2D eigenvalue weighted by Crippen LogP contribution is -2.08. The van der Waals surface area contributed by atoms with Crippen molar-refractivity contribution in [2.45, 2.75) is 13.0 Å². The Morgan fingerprint density at radius 2 is 2.58 bits per heavy atom. The molecule has 0 amide bonds. The first kappa shape index (κ1) is 8.20. The van der Waals surface area contributed by atoms with Crippen LogP contribution in [0.4, 0.5) is 0 Å². The van der Waals surface area contributed by atoms with E-state index in [1.165, 1.54) is 10.9 Å². The molecule has 1 aromatic heterocycles. The molecule has 0 spiro atoms. The first-order chi connectivity index (χ1) is 5.74. The second kappa shape index (κ2) is 3.48. The summed E-state index contributed by atoms with van der Waals surface area (Å²) in [4.78, 5) is 10.3. The number of rotatable bonds is 3. The number of carboxylic acids is 1. The highest BCUT2D eigenvalue weighted by Gasteiger charge is 2.06. The topological polar surface area (TPSA) is 91.8 Å². The van der Waals surface area contributed by atoms with E-state index in [2.05, 4.69) is 10.3 Å². The second-order valence-electron chi connectivity index (χ2n) is 2.11. The molecule has 1 aromatic rings. The molecule has 12 heavy (non-hydrogen) atoms. The highest BCUT2D eigenvalue weighted by atomic mass is 16.4. The van der Waals surface area contributed by atoms with Gasteiger partial charge in [-0.15, -0.1) is 5.10 Å². The summed E-state index contributed by atoms with van der Waals surface area (Å²) < 4.78 is 1.26. The Bertz CT molecular complexity index is 325. The zero-order valence-electron chi connectivity index (χ0n) is 6.14. The van der Waals surface area contributed by atoms with Crippen LogP contribution >= 0.6 is 0 Å². The monoisotopic (exact) mass is 166 g/mol. The lowest BCUT2D eigenvalue weighted by molar-refractivity contribution is -0.136. The van der Waals surface area contributed by atoms with Gasteiger partial charge >= 0.3 is 5.97 Å². The summed E-state index contributed by atoms with van der Waals surface area (Å²) in [5, 5.41) is 23.8. The molecule has 6 heteroatoms. The average Bonchev–Trinajstić information content (AvgIpc) is 2.37. The maximum Gasteiger partial charge on any atom is 0.309 e. The molecule has 6 nitrogen and oxygen atoms in total. The standard InChI is InChI=1S/C6H6N4O2/c7-1-2-10-5(3-6(11)12)4-8-9-10/h4H,2-3H2,(H,11,12). The van der Waals surface area contributed by atoms with Gasteiger partial charge in [-0.3, -0.25) is 4.79 Å². The molecule has 0 fully saturated rings. The third-order valence-electron chi connectivity index (χ3n) is 1.25. The van der Waals surface area contributed by atoms with Gasteiger partial charge in [-0.2, -0.15) is 5.26 Å². The van der Waals surface area contributed by atoms with E-state index in [1.807, 2.05) is 6.07 Å². The minimum Gasteiger partial charge on any atom is -0.481 e. The summed E-state index contributed by atoms with van der Waals surface area (Å²) >= 11 is 0. The summed E-state index contributed by atoms with van der Waals surface area (Å²) in [6.07, 6.45) is 1.18. The molecule has 0 aromatic carbocycles. The van der Waals surface area contributed by atoms with E-state index < -0.39 is 5.97 Å². The van der Waals surface area contributed by atoms with E-state index in [-0.39, 0.29) is 13.0 Å². The van der Waals surface area contributed by atoms with Crippen molar-refractivity contribution < 1.29 is 9.90 Å². The third-order valence-corrected chi connectivity index (χ3v) is 1.25. The molecule has 1 rings (SSSR count). The van der Waals surface area contributed by atoms with Crippen LogP contribution in [0.2, 0.25) is 0 Å². The van der Waals surface area contributed by atoms with E-state index in [9.17, 15) is 4.79 Å². The van der Waals surface area contributed by atoms with Crippen LogP contribution in [0.25, 0.3) is 0 Å². The van der Waals surface area contributed by atoms with Gasteiger partial charge in [0.1, 0.15) is 6.54 Å². The number of aliphatic carboxylic acids is 1. The molecule has 1 N–H and O–H groups in total. The third kappa shape index (κ3) is 1.79. The van der Waals surface area contributed by atoms with Gasteiger partial charge in [0.15, 0.2) is 0 Å². The molecule has 0 bridgehead atoms. The molecule has 0 aliphatic carbocycles. The van der Waals surface area contributed by atoms with Crippen molar-refractivity contribution in [1.82, 2.24) is 15.0 Å². The number of nitrogens with zero attached hydrogens (tertiary/aromatic N) is 4. The molecule has 0 unspecified atom stereocenters. The first-order valence-corrected chi connectivity index (χ1v) is 3.20. The van der Waals surface area contributed by atoms with Crippen molar-refractivity contribution in [1.29, 1.82) is 5.26 Å². The fourth-order valence-electron chi connectivity index (χ4n) is 0.771. The van der Waals surface area contributed by atoms with Gasteiger partial charge in [0.2, 0.25) is 0 Å². The minimum atomic E-state index is -0.962. The molecule has 0 saturated heterocycles. The average molecular weight is 166 g/mol. The van der Waals surface area contributed by atoms with Gasteiger partial charge in [0.05, 0.1) is 24.4 Å². The van der Waals surface area contributed by atoms with Crippen LogP contribution in [0.1, 0.15) is 5.69 Å². The van der Waals surface area contributed by atoms with E-state index in [1.54, 1.807) is 0 Å². The maximum atomic E-state index is 10.3. The van der Waals surface area contributed by atoms with E-state index >= 15 is 0 Å². The van der Waals surface area contributed by atoms with Crippen LogP contribution in [0.3, 0.4) is 0 Å². The van der Waals surface area contributed by atoms with E-state index in [0.717, 1.165) is 0 Å². The van der Waals surface area contributed by atoms with E-state index in [0.29, 0.717) is 5.69 Å². The molecule has 1 heterocycles. The molecule has 0 saturated carbocycles. The Morgan fingerprint density at radius 3 is 3.17 bits per heavy atom. The molecule has 62 valence electrons. The Labute approximate surface area is 68.0 Å². The largest absolute Gasteiger partial charge is 0.481 e. The summed E-state index contributed by atoms with van der Waals surface area (Å²) in [7, 11) is 0. The van der Waals surface area contributed by atoms with Crippen molar-refractivity contribution in [2.75, 3.05) is 0 Å². The zero-order valence-corrected chi connectivity index (χ0v) is 6.14. The van der Waals surface area contributed by atoms with Crippen LogP contribution < -0.4 is 0 Å². The Balaban J connectivity index is 2.78. The smallest absolute Gasteiger partial charge is 0.309 e. The molecule has 0 aliphatic heterocycles. The number of hydrogen-bond acceptors (Lipinski definition) is 4. The highest BCUT2D eigenvalue weighted by Crippen LogP contribution is 1.96. The molecular weight excluding hydrogens is 160 g/mol. The predicted molar refractivity (Wildman–Crippen MR) is 37.0 cm³/mol. The van der Waals surface area contributed by atoms with Crippen molar-refractivity contribution >= 4 is 5.97 Å². The Morgan fingerprint density at radius 1 is 1.83 bits per heavy atom. The molecular formula is C6H6N4O2. The number of hydrogen-bond donors (Lipinski definition) is 1. The van der Waals surface area contributed by atoms with Crippen LogP contribution in [0.15, 0.2) is 6.20 Å². The Kier molecular flexibility index (Phi) is 2.38. The Hall–Kier alpha value is -1.90. The highest BCUT2D eigenvalue weighted by molar-refractivity contribution is 5.69. The summed E-state index contributed by atoms with van der Waals surface area (Å²) in [5.74, 6) is -0.962. The van der Waals surface area contributed by atoms with Crippen molar-refractivity contribution in [3.8, 4) is 6.07 Å². The predicted octanol–water partition coefficient (Wildman–Crippen LogP) is -0.571. The molecule has 0 aliphatic rings. The fraction of sp³-hybridized carbons (Fsp3) is 0.333. The van der Waals surface area contributed by atoms with Gasteiger partial charge in [0.25, 0.3) is 0 Å². The van der Waals surface area contributed by atoms with Gasteiger partial charge < -0.3 is 5.11 Å². The summed E-state index contributed by atoms with van der Waals surface area (Å²) in [5.41, 5.74) is 0.434. The zero-order chi connectivity index (χ0) is 8.97. The van der Waals surface area contributed by atoms with Gasteiger partial charge in [0, 0.05) is 0 Å². The van der Waals surface area contributed by atoms with E-state index in [4.69, 9.17) is 10.4 Å². The maximum absolute atomic E-state index is 10.3. The number of carboxylic acid groups (broad SMARTS) is 1. The van der Waals surface area contributed by atoms with Gasteiger partial charge in [-0.25, -0.2) is 4.68 Å². The molecule has 0 radical (unpaired) electrons. The molecule has 0 atom stereocenters. The van der Waals surface area contributed by atoms with Gasteiger partial charge in [-0.1, -0.05) is 5.21 Å². The SMILES string of the molecule is N#CCn1nncc1CC(=O)O. The van der Waals surface area contributed by atoms with Gasteiger partial charge in [-0.05, 0) is 0 Å². The summed E-state index contributed by atoms with van der Waals surface area (Å²) in [6.45, 7) is 0.0304. The number of nitriles is 1. The lowest BCUT2D eigenvalue weighted by Gasteiger charge is -1.96. The number of aromatic nitrogens is 3. The lowest BCUT2D eigenvalue weighted by atomic mass is 10.3. The van der Waals surface area contributed by atoms with Crippen molar-refractivity contribution in [3.05, 3.63) is 11.9 Å². The van der Waals surface area contributed by atoms with Crippen LogP contribution in [-0.2, 0) is 17.8 Å². The quantitative estimate of drug-likeness (QED) is 0.649. The normalized spacial score (nSPS) is 9.25. The summed E-state index contributed by atoms with van der Waals surface area (Å²) in [6, 6.07) is 1.85. The van der Waals surface area contributed by atoms with Crippen molar-refractivity contribution in [2.24, 2.45) is 0 Å². The van der Waals surface area contributed by atoms with Crippen LogP contribution in [0.5, 0.6) is 0 Å². The van der Waals surface area contributed by atoms with Crippen LogP contribution in [-0.4, -0.2) is 26.1 Å². The van der Waals surface area contributed by atoms with Crippen LogP contribution in [0, 0.1) is 11.3 Å².